The van der Waals surface area contributed by atoms with Crippen LogP contribution in [-0.4, -0.2) is 80.8 Å². The minimum atomic E-state index is -5.08. The van der Waals surface area contributed by atoms with Crippen molar-refractivity contribution >= 4 is 23.3 Å². The summed E-state index contributed by atoms with van der Waals surface area (Å²) in [6.45, 7) is 5.23. The van der Waals surface area contributed by atoms with Gasteiger partial charge in [-0.25, -0.2) is 14.6 Å². The molecule has 2 fully saturated rings. The minimum absolute atomic E-state index is 0.108. The monoisotopic (exact) mass is 573 g/mol. The first-order valence-corrected chi connectivity index (χ1v) is 11.9. The van der Waals surface area contributed by atoms with E-state index in [-0.39, 0.29) is 12.2 Å². The van der Waals surface area contributed by atoms with Gasteiger partial charge in [-0.2, -0.15) is 26.3 Å². The van der Waals surface area contributed by atoms with Gasteiger partial charge in [0, 0.05) is 37.3 Å². The molecular formula is C22H25F6N3O6S. The van der Waals surface area contributed by atoms with Crippen LogP contribution in [0.5, 0.6) is 0 Å². The molecule has 2 aromatic heterocycles. The van der Waals surface area contributed by atoms with Crippen molar-refractivity contribution in [2.24, 2.45) is 0 Å². The highest BCUT2D eigenvalue weighted by atomic mass is 32.1. The molecule has 0 aliphatic carbocycles. The number of alkyl halides is 6. The number of hydrogen-bond acceptors (Lipinski definition) is 8. The number of thiazole rings is 1. The molecule has 0 saturated carbocycles. The molecule has 2 saturated heterocycles. The van der Waals surface area contributed by atoms with Gasteiger partial charge in [-0.3, -0.25) is 9.88 Å². The molecule has 2 aliphatic rings. The fourth-order valence-corrected chi connectivity index (χ4v) is 4.30. The second kappa shape index (κ2) is 13.8. The molecule has 2 aromatic rings. The SMILES string of the molecule is Cc1nc(CN2C[C@@H](OCc3ccccn3)[C@H]3OCCC[C@H]32)cs1.O=C(O)C(F)(F)F.O=C(O)C(F)(F)F. The van der Waals surface area contributed by atoms with E-state index < -0.39 is 24.3 Å². The summed E-state index contributed by atoms with van der Waals surface area (Å²) < 4.78 is 75.7. The highest BCUT2D eigenvalue weighted by Crippen LogP contribution is 2.32. The number of hydrogen-bond donors (Lipinski definition) is 2. The second-order valence-corrected chi connectivity index (χ2v) is 9.17. The summed E-state index contributed by atoms with van der Waals surface area (Å²) in [6, 6.07) is 6.37. The zero-order chi connectivity index (χ0) is 28.5. The van der Waals surface area contributed by atoms with Gasteiger partial charge in [0.15, 0.2) is 0 Å². The first-order valence-electron chi connectivity index (χ1n) is 11.1. The third-order valence-corrected chi connectivity index (χ3v) is 6.09. The van der Waals surface area contributed by atoms with Crippen LogP contribution >= 0.6 is 11.3 Å². The molecule has 0 unspecified atom stereocenters. The molecule has 2 aliphatic heterocycles. The van der Waals surface area contributed by atoms with E-state index in [4.69, 9.17) is 29.3 Å². The number of halogens is 6. The Bertz CT molecular complexity index is 1010. The molecule has 4 rings (SSSR count). The van der Waals surface area contributed by atoms with Crippen LogP contribution in [0.15, 0.2) is 29.8 Å². The molecule has 0 amide bonds. The number of ether oxygens (including phenoxy) is 2. The van der Waals surface area contributed by atoms with Crippen molar-refractivity contribution in [3.8, 4) is 0 Å². The van der Waals surface area contributed by atoms with E-state index >= 15 is 0 Å². The fourth-order valence-electron chi connectivity index (χ4n) is 3.70. The Balaban J connectivity index is 0.000000301. The third-order valence-electron chi connectivity index (χ3n) is 5.27. The average molecular weight is 574 g/mol. The van der Waals surface area contributed by atoms with Crippen LogP contribution in [0, 0.1) is 6.92 Å². The first kappa shape index (κ1) is 31.4. The number of carbonyl (C=O) groups is 2. The fraction of sp³-hybridized carbons (Fsp3) is 0.545. The number of aryl methyl sites for hydroxylation is 1. The third kappa shape index (κ3) is 10.2. The van der Waals surface area contributed by atoms with Gasteiger partial charge < -0.3 is 19.7 Å². The number of pyridine rings is 1. The maximum absolute atomic E-state index is 10.6. The first-order chi connectivity index (χ1) is 17.7. The summed E-state index contributed by atoms with van der Waals surface area (Å²) >= 11 is 1.72. The molecule has 38 heavy (non-hydrogen) atoms. The normalized spacial score (nSPS) is 21.4. The molecule has 3 atom stereocenters. The molecule has 4 heterocycles. The van der Waals surface area contributed by atoms with E-state index in [9.17, 15) is 26.3 Å². The van der Waals surface area contributed by atoms with Gasteiger partial charge in [-0.05, 0) is 31.9 Å². The maximum atomic E-state index is 10.6. The number of aliphatic carboxylic acids is 2. The lowest BCUT2D eigenvalue weighted by Gasteiger charge is -2.32. The molecule has 0 spiro atoms. The van der Waals surface area contributed by atoms with Crippen molar-refractivity contribution in [1.82, 2.24) is 14.9 Å². The Hall–Kier alpha value is -2.82. The number of aromatic nitrogens is 2. The predicted octanol–water partition coefficient (Wildman–Crippen LogP) is 4.06. The summed E-state index contributed by atoms with van der Waals surface area (Å²) in [6.07, 6.45) is -5.78. The van der Waals surface area contributed by atoms with Gasteiger partial charge >= 0.3 is 24.3 Å². The van der Waals surface area contributed by atoms with Gasteiger partial charge in [0.1, 0.15) is 6.10 Å². The highest BCUT2D eigenvalue weighted by Gasteiger charge is 2.44. The largest absolute Gasteiger partial charge is 0.490 e. The minimum Gasteiger partial charge on any atom is -0.475 e. The van der Waals surface area contributed by atoms with Gasteiger partial charge in [0.25, 0.3) is 0 Å². The van der Waals surface area contributed by atoms with Gasteiger partial charge in [-0.15, -0.1) is 11.3 Å². The van der Waals surface area contributed by atoms with E-state index in [0.717, 1.165) is 42.5 Å². The van der Waals surface area contributed by atoms with Crippen LogP contribution in [0.1, 0.15) is 29.2 Å². The van der Waals surface area contributed by atoms with Crippen LogP contribution in [0.3, 0.4) is 0 Å². The molecule has 0 radical (unpaired) electrons. The number of nitrogens with zero attached hydrogens (tertiary/aromatic N) is 3. The van der Waals surface area contributed by atoms with Crippen LogP contribution in [0.4, 0.5) is 26.3 Å². The van der Waals surface area contributed by atoms with Crippen molar-refractivity contribution in [2.75, 3.05) is 13.2 Å². The molecule has 0 aromatic carbocycles. The van der Waals surface area contributed by atoms with Crippen LogP contribution in [-0.2, 0) is 32.2 Å². The lowest BCUT2D eigenvalue weighted by atomic mass is 10.0. The Morgan fingerprint density at radius 3 is 2.26 bits per heavy atom. The number of fused-ring (bicyclic) bond motifs is 1. The molecule has 9 nitrogen and oxygen atoms in total. The number of likely N-dealkylation sites (tertiary alicyclic amines) is 1. The maximum Gasteiger partial charge on any atom is 0.490 e. The average Bonchev–Trinajstić information content (AvgIpc) is 3.41. The molecule has 16 heteroatoms. The van der Waals surface area contributed by atoms with Gasteiger partial charge in [0.2, 0.25) is 0 Å². The van der Waals surface area contributed by atoms with Crippen molar-refractivity contribution < 1.29 is 55.6 Å². The standard InChI is InChI=1S/C18H23N3O2S.2C2HF3O2/c1-13-20-15(12-24-13)9-21-10-17(18-16(21)6-4-8-22-18)23-11-14-5-2-3-7-19-14;2*3-2(4,5)1(6)7/h2-3,5,7,12,16-18H,4,6,8-11H2,1H3;2*(H,6,7)/t16-,17-,18+;;/m1../s1. The number of carboxylic acids is 2. The topological polar surface area (TPSA) is 122 Å². The second-order valence-electron chi connectivity index (χ2n) is 8.11. The summed E-state index contributed by atoms with van der Waals surface area (Å²) in [4.78, 5) is 29.2. The number of rotatable bonds is 5. The Morgan fingerprint density at radius 1 is 1.13 bits per heavy atom. The van der Waals surface area contributed by atoms with E-state index in [1.165, 1.54) is 6.42 Å². The lowest BCUT2D eigenvalue weighted by molar-refractivity contribution is -0.193. The Morgan fingerprint density at radius 2 is 1.76 bits per heavy atom. The summed E-state index contributed by atoms with van der Waals surface area (Å²) in [7, 11) is 0. The molecule has 2 N–H and O–H groups in total. The number of carboxylic acid groups (broad SMARTS) is 2. The quantitative estimate of drug-likeness (QED) is 0.510. The zero-order valence-electron chi connectivity index (χ0n) is 19.9. The summed E-state index contributed by atoms with van der Waals surface area (Å²) in [5, 5.41) is 17.5. The van der Waals surface area contributed by atoms with Crippen LogP contribution < -0.4 is 0 Å². The molecule has 0 bridgehead atoms. The highest BCUT2D eigenvalue weighted by molar-refractivity contribution is 7.09. The van der Waals surface area contributed by atoms with E-state index in [0.29, 0.717) is 12.6 Å². The van der Waals surface area contributed by atoms with Crippen LogP contribution in [0.25, 0.3) is 0 Å². The van der Waals surface area contributed by atoms with E-state index in [1.807, 2.05) is 24.4 Å². The Labute approximate surface area is 217 Å². The van der Waals surface area contributed by atoms with Crippen molar-refractivity contribution in [2.45, 2.75) is 63.5 Å². The van der Waals surface area contributed by atoms with Crippen molar-refractivity contribution in [3.63, 3.8) is 0 Å². The molecular weight excluding hydrogens is 548 g/mol. The van der Waals surface area contributed by atoms with Crippen LogP contribution in [0.2, 0.25) is 0 Å². The van der Waals surface area contributed by atoms with Crippen molar-refractivity contribution in [1.29, 1.82) is 0 Å². The smallest absolute Gasteiger partial charge is 0.475 e. The summed E-state index contributed by atoms with van der Waals surface area (Å²) in [5.74, 6) is -5.51. The van der Waals surface area contributed by atoms with Crippen molar-refractivity contribution in [3.05, 3.63) is 46.2 Å². The zero-order valence-corrected chi connectivity index (χ0v) is 20.7. The molecule has 212 valence electrons. The van der Waals surface area contributed by atoms with Gasteiger partial charge in [0.05, 0.1) is 29.1 Å². The van der Waals surface area contributed by atoms with E-state index in [2.05, 4.69) is 27.2 Å². The van der Waals surface area contributed by atoms with Gasteiger partial charge in [-0.1, -0.05) is 6.07 Å². The Kier molecular flexibility index (Phi) is 11.4. The van der Waals surface area contributed by atoms with E-state index in [1.54, 1.807) is 11.3 Å². The summed E-state index contributed by atoms with van der Waals surface area (Å²) in [5.41, 5.74) is 2.13. The lowest BCUT2D eigenvalue weighted by Crippen LogP contribution is -2.41. The predicted molar refractivity (Wildman–Crippen MR) is 120 cm³/mol.